The van der Waals surface area contributed by atoms with Gasteiger partial charge >= 0.3 is 0 Å². The van der Waals surface area contributed by atoms with Gasteiger partial charge in [-0.25, -0.2) is 0 Å². The Morgan fingerprint density at radius 1 is 1.44 bits per heavy atom. The molecular formula is C12H21N3OS2. The molecule has 2 heterocycles. The highest BCUT2D eigenvalue weighted by Gasteiger charge is 2.30. The lowest BCUT2D eigenvalue weighted by Gasteiger charge is -2.27. The van der Waals surface area contributed by atoms with E-state index in [-0.39, 0.29) is 0 Å². The molecule has 1 aromatic rings. The first-order valence-corrected chi connectivity index (χ1v) is 8.57. The van der Waals surface area contributed by atoms with Gasteiger partial charge in [-0.1, -0.05) is 12.1 Å². The number of hydrogen-bond donors (Lipinski definition) is 1. The van der Waals surface area contributed by atoms with E-state index in [1.165, 1.54) is 17.9 Å². The van der Waals surface area contributed by atoms with Gasteiger partial charge in [0.2, 0.25) is 5.89 Å². The second kappa shape index (κ2) is 6.82. The van der Waals surface area contributed by atoms with E-state index >= 15 is 0 Å². The van der Waals surface area contributed by atoms with Crippen LogP contribution in [0.5, 0.6) is 0 Å². The highest BCUT2D eigenvalue weighted by Crippen LogP contribution is 2.42. The minimum Gasteiger partial charge on any atom is -0.339 e. The first-order chi connectivity index (χ1) is 8.74. The Kier molecular flexibility index (Phi) is 5.38. The molecule has 0 spiro atoms. The quantitative estimate of drug-likeness (QED) is 0.898. The SMILES string of the molecule is CCC1SCCSC1c1noc(CC(C)NC)n1. The van der Waals surface area contributed by atoms with Gasteiger partial charge in [-0.2, -0.15) is 16.7 Å². The summed E-state index contributed by atoms with van der Waals surface area (Å²) in [5.41, 5.74) is 0. The van der Waals surface area contributed by atoms with Crippen LogP contribution in [0, 0.1) is 0 Å². The first kappa shape index (κ1) is 14.2. The molecule has 102 valence electrons. The predicted octanol–water partition coefficient (Wildman–Crippen LogP) is 2.52. The van der Waals surface area contributed by atoms with Crippen LogP contribution in [0.25, 0.3) is 0 Å². The lowest BCUT2D eigenvalue weighted by Crippen LogP contribution is -2.23. The van der Waals surface area contributed by atoms with E-state index in [2.05, 4.69) is 29.3 Å². The molecule has 0 saturated carbocycles. The smallest absolute Gasteiger partial charge is 0.228 e. The van der Waals surface area contributed by atoms with E-state index in [1.54, 1.807) is 0 Å². The van der Waals surface area contributed by atoms with Crippen LogP contribution in [0.15, 0.2) is 4.52 Å². The predicted molar refractivity (Wildman–Crippen MR) is 78.3 cm³/mol. The van der Waals surface area contributed by atoms with E-state index < -0.39 is 0 Å². The summed E-state index contributed by atoms with van der Waals surface area (Å²) in [5.74, 6) is 4.05. The van der Waals surface area contributed by atoms with Crippen molar-refractivity contribution in [2.45, 2.75) is 43.2 Å². The average Bonchev–Trinajstić information content (AvgIpc) is 2.86. The van der Waals surface area contributed by atoms with E-state index in [1.807, 2.05) is 30.6 Å². The highest BCUT2D eigenvalue weighted by atomic mass is 32.2. The number of nitrogens with one attached hydrogen (secondary N) is 1. The summed E-state index contributed by atoms with van der Waals surface area (Å²) in [6.07, 6.45) is 1.96. The second-order valence-electron chi connectivity index (χ2n) is 4.55. The maximum atomic E-state index is 5.36. The second-order valence-corrected chi connectivity index (χ2v) is 7.15. The van der Waals surface area contributed by atoms with Crippen LogP contribution in [0.1, 0.15) is 37.2 Å². The van der Waals surface area contributed by atoms with Crippen molar-refractivity contribution in [3.05, 3.63) is 11.7 Å². The summed E-state index contributed by atoms with van der Waals surface area (Å²) < 4.78 is 5.36. The first-order valence-electron chi connectivity index (χ1n) is 6.47. The average molecular weight is 287 g/mol. The molecule has 1 aromatic heterocycles. The van der Waals surface area contributed by atoms with Crippen molar-refractivity contribution in [1.82, 2.24) is 15.5 Å². The van der Waals surface area contributed by atoms with Crippen LogP contribution < -0.4 is 5.32 Å². The molecule has 1 saturated heterocycles. The molecule has 4 nitrogen and oxygen atoms in total. The van der Waals surface area contributed by atoms with Crippen molar-refractivity contribution in [3.63, 3.8) is 0 Å². The van der Waals surface area contributed by atoms with Crippen LogP contribution in [0.2, 0.25) is 0 Å². The van der Waals surface area contributed by atoms with Crippen molar-refractivity contribution in [2.24, 2.45) is 0 Å². The van der Waals surface area contributed by atoms with Gasteiger partial charge in [-0.15, -0.1) is 11.8 Å². The van der Waals surface area contributed by atoms with Crippen molar-refractivity contribution in [1.29, 1.82) is 0 Å². The Balaban J connectivity index is 2.03. The summed E-state index contributed by atoms with van der Waals surface area (Å²) in [7, 11) is 1.95. The maximum Gasteiger partial charge on any atom is 0.228 e. The van der Waals surface area contributed by atoms with Crippen LogP contribution in [0.3, 0.4) is 0 Å². The van der Waals surface area contributed by atoms with Crippen LogP contribution in [-0.2, 0) is 6.42 Å². The number of rotatable bonds is 5. The lowest BCUT2D eigenvalue weighted by atomic mass is 10.2. The van der Waals surface area contributed by atoms with Crippen molar-refractivity contribution < 1.29 is 4.52 Å². The molecule has 6 heteroatoms. The Bertz CT molecular complexity index is 372. The van der Waals surface area contributed by atoms with Crippen LogP contribution >= 0.6 is 23.5 Å². The molecule has 18 heavy (non-hydrogen) atoms. The molecule has 1 N–H and O–H groups in total. The largest absolute Gasteiger partial charge is 0.339 e. The van der Waals surface area contributed by atoms with Gasteiger partial charge in [0, 0.05) is 29.2 Å². The van der Waals surface area contributed by atoms with Gasteiger partial charge in [-0.05, 0) is 20.4 Å². The number of hydrogen-bond acceptors (Lipinski definition) is 6. The third kappa shape index (κ3) is 3.42. The summed E-state index contributed by atoms with van der Waals surface area (Å²) in [4.78, 5) is 4.57. The molecule has 2 rings (SSSR count). The van der Waals surface area contributed by atoms with E-state index in [4.69, 9.17) is 4.52 Å². The fourth-order valence-corrected chi connectivity index (χ4v) is 4.95. The van der Waals surface area contributed by atoms with Gasteiger partial charge in [0.05, 0.1) is 5.25 Å². The summed E-state index contributed by atoms with van der Waals surface area (Å²) in [6, 6.07) is 0.369. The van der Waals surface area contributed by atoms with Gasteiger partial charge < -0.3 is 9.84 Å². The van der Waals surface area contributed by atoms with Crippen LogP contribution in [-0.4, -0.2) is 40.0 Å². The summed E-state index contributed by atoms with van der Waals surface area (Å²) in [6.45, 7) is 4.35. The zero-order valence-corrected chi connectivity index (χ0v) is 12.8. The molecule has 0 bridgehead atoms. The standard InChI is InChI=1S/C12H21N3OS2/c1-4-9-11(18-6-5-17-9)12-14-10(16-15-12)7-8(2)13-3/h8-9,11,13H,4-7H2,1-3H3. The van der Waals surface area contributed by atoms with Gasteiger partial charge in [-0.3, -0.25) is 0 Å². The number of likely N-dealkylation sites (N-methyl/N-ethyl adjacent to an activating group) is 1. The number of thioether (sulfide) groups is 2. The van der Waals surface area contributed by atoms with Gasteiger partial charge in [0.1, 0.15) is 0 Å². The molecule has 0 amide bonds. The van der Waals surface area contributed by atoms with Crippen molar-refractivity contribution in [2.75, 3.05) is 18.6 Å². The summed E-state index contributed by atoms with van der Waals surface area (Å²) >= 11 is 4.00. The highest BCUT2D eigenvalue weighted by molar-refractivity contribution is 8.06. The summed E-state index contributed by atoms with van der Waals surface area (Å²) in [5, 5.41) is 8.38. The Labute approximate surface area is 117 Å². The third-order valence-electron chi connectivity index (χ3n) is 3.16. The van der Waals surface area contributed by atoms with Crippen molar-refractivity contribution >= 4 is 23.5 Å². The lowest BCUT2D eigenvalue weighted by molar-refractivity contribution is 0.360. The monoisotopic (exact) mass is 287 g/mol. The van der Waals surface area contributed by atoms with E-state index in [0.29, 0.717) is 16.5 Å². The van der Waals surface area contributed by atoms with Gasteiger partial charge in [0.25, 0.3) is 0 Å². The van der Waals surface area contributed by atoms with E-state index in [0.717, 1.165) is 18.1 Å². The van der Waals surface area contributed by atoms with Gasteiger partial charge in [0.15, 0.2) is 5.82 Å². The maximum absolute atomic E-state index is 5.36. The molecule has 0 aliphatic carbocycles. The fourth-order valence-electron chi connectivity index (χ4n) is 1.97. The van der Waals surface area contributed by atoms with Crippen LogP contribution in [0.4, 0.5) is 0 Å². The Morgan fingerprint density at radius 2 is 2.22 bits per heavy atom. The minimum absolute atomic E-state index is 0.369. The fraction of sp³-hybridized carbons (Fsp3) is 0.833. The normalized spacial score (nSPS) is 26.2. The zero-order chi connectivity index (χ0) is 13.0. The molecule has 1 aliphatic rings. The number of aromatic nitrogens is 2. The topological polar surface area (TPSA) is 51.0 Å². The third-order valence-corrected chi connectivity index (χ3v) is 6.41. The van der Waals surface area contributed by atoms with E-state index in [9.17, 15) is 0 Å². The molecule has 1 fully saturated rings. The molecule has 0 radical (unpaired) electrons. The molecule has 3 unspecified atom stereocenters. The molecule has 0 aromatic carbocycles. The van der Waals surface area contributed by atoms with Crippen molar-refractivity contribution in [3.8, 4) is 0 Å². The zero-order valence-electron chi connectivity index (χ0n) is 11.2. The Hall–Kier alpha value is -0.200. The molecular weight excluding hydrogens is 266 g/mol. The Morgan fingerprint density at radius 3 is 2.94 bits per heavy atom. The minimum atomic E-state index is 0.369. The molecule has 3 atom stereocenters. The molecule has 1 aliphatic heterocycles. The number of nitrogens with zero attached hydrogens (tertiary/aromatic N) is 2.